The second kappa shape index (κ2) is 2.39. The minimum absolute atomic E-state index is 0.622. The van der Waals surface area contributed by atoms with E-state index < -0.39 is 0 Å². The van der Waals surface area contributed by atoms with Crippen molar-refractivity contribution in [3.63, 3.8) is 0 Å². The standard InChI is InChI=1S/C5H5N5S/c11-5-4(8-10-9-5)3-1-2-6-7-3/h1-2H,(H,6,7)(H2,8,9,10,11). The largest absolute Gasteiger partial charge is 0.285 e. The van der Waals surface area contributed by atoms with Gasteiger partial charge in [0, 0.05) is 6.20 Å². The van der Waals surface area contributed by atoms with E-state index in [0.29, 0.717) is 10.7 Å². The third-order valence-corrected chi connectivity index (χ3v) is 1.59. The summed E-state index contributed by atoms with van der Waals surface area (Å²) in [5, 5.41) is 17.2. The van der Waals surface area contributed by atoms with E-state index in [1.807, 2.05) is 0 Å². The predicted octanol–water partition coefficient (Wildman–Crippen LogP) is 0.483. The van der Waals surface area contributed by atoms with Crippen molar-refractivity contribution in [2.75, 3.05) is 0 Å². The molecule has 0 radical (unpaired) electrons. The number of thiol groups is 1. The Morgan fingerprint density at radius 1 is 1.45 bits per heavy atom. The van der Waals surface area contributed by atoms with Gasteiger partial charge in [0.25, 0.3) is 0 Å². The lowest BCUT2D eigenvalue weighted by Gasteiger charge is -1.85. The Morgan fingerprint density at radius 2 is 2.36 bits per heavy atom. The van der Waals surface area contributed by atoms with Crippen molar-refractivity contribution >= 4 is 12.6 Å². The quantitative estimate of drug-likeness (QED) is 0.541. The van der Waals surface area contributed by atoms with Crippen LogP contribution in [0.5, 0.6) is 0 Å². The van der Waals surface area contributed by atoms with Gasteiger partial charge in [-0.15, -0.1) is 17.7 Å². The summed E-state index contributed by atoms with van der Waals surface area (Å²) in [6, 6.07) is 1.80. The van der Waals surface area contributed by atoms with Gasteiger partial charge in [-0.1, -0.05) is 5.21 Å². The van der Waals surface area contributed by atoms with Crippen LogP contribution in [0, 0.1) is 0 Å². The minimum atomic E-state index is 0.622. The van der Waals surface area contributed by atoms with Gasteiger partial charge in [0.1, 0.15) is 16.4 Å². The topological polar surface area (TPSA) is 70.2 Å². The molecule has 2 N–H and O–H groups in total. The first kappa shape index (κ1) is 6.41. The monoisotopic (exact) mass is 167 g/mol. The molecule has 0 fully saturated rings. The van der Waals surface area contributed by atoms with Crippen molar-refractivity contribution in [1.82, 2.24) is 25.6 Å². The van der Waals surface area contributed by atoms with Crippen molar-refractivity contribution in [2.24, 2.45) is 0 Å². The first-order valence-electron chi connectivity index (χ1n) is 2.98. The summed E-state index contributed by atoms with van der Waals surface area (Å²) in [5.74, 6) is 0. The molecule has 2 rings (SSSR count). The van der Waals surface area contributed by atoms with Gasteiger partial charge in [0.15, 0.2) is 0 Å². The van der Waals surface area contributed by atoms with Crippen LogP contribution in [0.3, 0.4) is 0 Å². The Hall–Kier alpha value is -1.30. The molecule has 0 saturated carbocycles. The van der Waals surface area contributed by atoms with Crippen LogP contribution < -0.4 is 0 Å². The summed E-state index contributed by atoms with van der Waals surface area (Å²) in [6.07, 6.45) is 1.72. The zero-order chi connectivity index (χ0) is 7.68. The van der Waals surface area contributed by atoms with Crippen LogP contribution in [0.25, 0.3) is 11.4 Å². The fourth-order valence-corrected chi connectivity index (χ4v) is 0.991. The molecule has 0 aromatic carbocycles. The summed E-state index contributed by atoms with van der Waals surface area (Å²) < 4.78 is 0. The van der Waals surface area contributed by atoms with Crippen LogP contribution in [-0.4, -0.2) is 25.6 Å². The van der Waals surface area contributed by atoms with Crippen molar-refractivity contribution in [3.05, 3.63) is 12.3 Å². The molecule has 2 aromatic heterocycles. The lowest BCUT2D eigenvalue weighted by molar-refractivity contribution is 0.912. The van der Waals surface area contributed by atoms with Crippen molar-refractivity contribution in [2.45, 2.75) is 5.03 Å². The zero-order valence-electron chi connectivity index (χ0n) is 5.44. The molecule has 0 aliphatic carbocycles. The Morgan fingerprint density at radius 3 is 2.91 bits per heavy atom. The second-order valence-electron chi connectivity index (χ2n) is 1.97. The smallest absolute Gasteiger partial charge is 0.146 e. The van der Waals surface area contributed by atoms with E-state index >= 15 is 0 Å². The molecule has 5 nitrogen and oxygen atoms in total. The van der Waals surface area contributed by atoms with Crippen LogP contribution in [0.15, 0.2) is 17.3 Å². The summed E-state index contributed by atoms with van der Waals surface area (Å²) in [4.78, 5) is 0. The number of nitrogens with zero attached hydrogens (tertiary/aromatic N) is 3. The van der Waals surface area contributed by atoms with Crippen LogP contribution in [0.2, 0.25) is 0 Å². The molecule has 0 spiro atoms. The number of H-pyrrole nitrogens is 2. The van der Waals surface area contributed by atoms with Crippen molar-refractivity contribution in [1.29, 1.82) is 0 Å². The molecule has 0 amide bonds. The third-order valence-electron chi connectivity index (χ3n) is 1.27. The maximum Gasteiger partial charge on any atom is 0.146 e. The first-order valence-corrected chi connectivity index (χ1v) is 3.43. The van der Waals surface area contributed by atoms with Crippen LogP contribution in [0.4, 0.5) is 0 Å². The lowest BCUT2D eigenvalue weighted by Crippen LogP contribution is -1.78. The van der Waals surface area contributed by atoms with Gasteiger partial charge in [-0.3, -0.25) is 10.2 Å². The van der Waals surface area contributed by atoms with Gasteiger partial charge < -0.3 is 0 Å². The fourth-order valence-electron chi connectivity index (χ4n) is 0.787. The summed E-state index contributed by atoms with van der Waals surface area (Å²) >= 11 is 4.10. The van der Waals surface area contributed by atoms with Crippen LogP contribution >= 0.6 is 12.6 Å². The maximum atomic E-state index is 4.10. The number of rotatable bonds is 1. The summed E-state index contributed by atoms with van der Waals surface area (Å²) in [7, 11) is 0. The molecule has 0 aliphatic heterocycles. The fraction of sp³-hybridized carbons (Fsp3) is 0. The summed E-state index contributed by atoms with van der Waals surface area (Å²) in [5.41, 5.74) is 1.40. The van der Waals surface area contributed by atoms with Gasteiger partial charge in [0.05, 0.1) is 0 Å². The Bertz CT molecular complexity index is 337. The second-order valence-corrected chi connectivity index (χ2v) is 2.42. The molecule has 0 unspecified atom stereocenters. The molecule has 0 atom stereocenters. The highest BCUT2D eigenvalue weighted by molar-refractivity contribution is 7.80. The van der Waals surface area contributed by atoms with E-state index in [0.717, 1.165) is 5.69 Å². The average Bonchev–Trinajstić information content (AvgIpc) is 2.55. The highest BCUT2D eigenvalue weighted by Crippen LogP contribution is 2.18. The molecule has 0 saturated heterocycles. The molecule has 56 valence electrons. The molecule has 0 aliphatic rings. The number of aromatic nitrogens is 5. The third kappa shape index (κ3) is 1.01. The average molecular weight is 167 g/mol. The number of aromatic amines is 2. The van der Waals surface area contributed by atoms with Crippen LogP contribution in [0.1, 0.15) is 0 Å². The Balaban J connectivity index is 2.53. The maximum absolute atomic E-state index is 4.10. The normalized spacial score (nSPS) is 10.3. The number of nitrogens with one attached hydrogen (secondary N) is 2. The predicted molar refractivity (Wildman–Crippen MR) is 41.2 cm³/mol. The highest BCUT2D eigenvalue weighted by Gasteiger charge is 2.06. The van der Waals surface area contributed by atoms with Gasteiger partial charge in [-0.25, -0.2) is 0 Å². The molecule has 11 heavy (non-hydrogen) atoms. The zero-order valence-corrected chi connectivity index (χ0v) is 6.34. The van der Waals surface area contributed by atoms with Gasteiger partial charge in [0.2, 0.25) is 0 Å². The van der Waals surface area contributed by atoms with Crippen molar-refractivity contribution < 1.29 is 0 Å². The van der Waals surface area contributed by atoms with Gasteiger partial charge >= 0.3 is 0 Å². The number of hydrogen-bond donors (Lipinski definition) is 3. The van der Waals surface area contributed by atoms with E-state index in [-0.39, 0.29) is 0 Å². The minimum Gasteiger partial charge on any atom is -0.285 e. The van der Waals surface area contributed by atoms with E-state index in [1.54, 1.807) is 12.3 Å². The molecular weight excluding hydrogens is 162 g/mol. The van der Waals surface area contributed by atoms with Gasteiger partial charge in [-0.2, -0.15) is 5.10 Å². The number of hydrogen-bond acceptors (Lipinski definition) is 4. The van der Waals surface area contributed by atoms with E-state index in [4.69, 9.17) is 0 Å². The molecule has 0 bridgehead atoms. The SMILES string of the molecule is Sc1[nH]nnc1-c1cc[nH]n1. The van der Waals surface area contributed by atoms with E-state index in [1.165, 1.54) is 0 Å². The van der Waals surface area contributed by atoms with E-state index in [2.05, 4.69) is 38.2 Å². The first-order chi connectivity index (χ1) is 5.38. The molecular formula is C5H5N5S. The molecule has 6 heteroatoms. The summed E-state index contributed by atoms with van der Waals surface area (Å²) in [6.45, 7) is 0. The van der Waals surface area contributed by atoms with Crippen molar-refractivity contribution in [3.8, 4) is 11.4 Å². The molecule has 2 heterocycles. The van der Waals surface area contributed by atoms with E-state index in [9.17, 15) is 0 Å². The lowest BCUT2D eigenvalue weighted by atomic mass is 10.3. The Labute approximate surface area is 67.6 Å². The van der Waals surface area contributed by atoms with Gasteiger partial charge in [-0.05, 0) is 6.07 Å². The Kier molecular flexibility index (Phi) is 1.39. The molecule has 2 aromatic rings. The highest BCUT2D eigenvalue weighted by atomic mass is 32.1. The van der Waals surface area contributed by atoms with Crippen LogP contribution in [-0.2, 0) is 0 Å².